The zero-order valence-electron chi connectivity index (χ0n) is 5.31. The summed E-state index contributed by atoms with van der Waals surface area (Å²) in [4.78, 5) is 0. The normalized spacial score (nSPS) is 36.7. The maximum atomic E-state index is 9.30. The molecule has 9 heavy (non-hydrogen) atoms. The van der Waals surface area contributed by atoms with E-state index in [0.717, 1.165) is 12.8 Å². The highest BCUT2D eigenvalue weighted by Crippen LogP contribution is 2.18. The van der Waals surface area contributed by atoms with Gasteiger partial charge >= 0.3 is 0 Å². The Bertz CT molecular complexity index is 89.1. The fraction of sp³-hybridized carbons (Fsp3) is 1.00. The monoisotopic (exact) mass is 241 g/mol. The van der Waals surface area contributed by atoms with Gasteiger partial charge in [-0.15, -0.1) is 0 Å². The molecular formula is C6H12INO. The lowest BCUT2D eigenvalue weighted by Crippen LogP contribution is -2.36. The largest absolute Gasteiger partial charge is 0.391 e. The summed E-state index contributed by atoms with van der Waals surface area (Å²) >= 11 is 2.11. The van der Waals surface area contributed by atoms with Crippen molar-refractivity contribution in [3.8, 4) is 0 Å². The maximum absolute atomic E-state index is 9.30. The predicted octanol–water partition coefficient (Wildman–Crippen LogP) is 1.23. The molecule has 0 aromatic rings. The van der Waals surface area contributed by atoms with Crippen molar-refractivity contribution in [2.24, 2.45) is 0 Å². The van der Waals surface area contributed by atoms with Gasteiger partial charge in [0.1, 0.15) is 0 Å². The first-order chi connectivity index (χ1) is 4.34. The van der Waals surface area contributed by atoms with Gasteiger partial charge in [-0.1, -0.05) is 12.8 Å². The summed E-state index contributed by atoms with van der Waals surface area (Å²) < 4.78 is 3.07. The maximum Gasteiger partial charge on any atom is 0.0700 e. The number of nitrogens with one attached hydrogen (secondary N) is 1. The quantitative estimate of drug-likeness (QED) is 0.534. The Morgan fingerprint density at radius 2 is 2.00 bits per heavy atom. The molecule has 0 saturated heterocycles. The lowest BCUT2D eigenvalue weighted by molar-refractivity contribution is 0.104. The Morgan fingerprint density at radius 3 is 2.44 bits per heavy atom. The molecule has 1 fully saturated rings. The minimum absolute atomic E-state index is 0.101. The minimum atomic E-state index is -0.101. The average Bonchev–Trinajstić information content (AvgIpc) is 1.89. The second-order valence-corrected chi connectivity index (χ2v) is 3.19. The molecule has 1 aliphatic rings. The van der Waals surface area contributed by atoms with E-state index < -0.39 is 0 Å². The molecule has 1 saturated carbocycles. The molecule has 0 amide bonds. The van der Waals surface area contributed by atoms with Gasteiger partial charge in [0, 0.05) is 28.9 Å². The highest BCUT2D eigenvalue weighted by atomic mass is 127. The molecule has 0 heterocycles. The molecule has 0 aliphatic heterocycles. The Morgan fingerprint density at radius 1 is 1.33 bits per heavy atom. The lowest BCUT2D eigenvalue weighted by atomic mass is 9.94. The Balaban J connectivity index is 2.30. The third-order valence-electron chi connectivity index (χ3n) is 1.87. The van der Waals surface area contributed by atoms with E-state index in [-0.39, 0.29) is 6.10 Å². The zero-order valence-corrected chi connectivity index (χ0v) is 7.47. The molecular weight excluding hydrogens is 229 g/mol. The lowest BCUT2D eigenvalue weighted by Gasteiger charge is -2.25. The van der Waals surface area contributed by atoms with Gasteiger partial charge in [-0.2, -0.15) is 0 Å². The van der Waals surface area contributed by atoms with E-state index in [2.05, 4.69) is 26.4 Å². The van der Waals surface area contributed by atoms with E-state index in [4.69, 9.17) is 0 Å². The Hall–Kier alpha value is 0.650. The van der Waals surface area contributed by atoms with Crippen LogP contribution in [-0.4, -0.2) is 17.3 Å². The van der Waals surface area contributed by atoms with Crippen LogP contribution in [0.15, 0.2) is 0 Å². The van der Waals surface area contributed by atoms with E-state index in [9.17, 15) is 5.11 Å². The van der Waals surface area contributed by atoms with Gasteiger partial charge in [0.2, 0.25) is 0 Å². The van der Waals surface area contributed by atoms with Gasteiger partial charge in [-0.25, -0.2) is 0 Å². The van der Waals surface area contributed by atoms with Crippen molar-refractivity contribution in [2.45, 2.75) is 37.8 Å². The van der Waals surface area contributed by atoms with Crippen LogP contribution in [0.3, 0.4) is 0 Å². The second-order valence-electron chi connectivity index (χ2n) is 2.57. The second kappa shape index (κ2) is 3.73. The first-order valence-electron chi connectivity index (χ1n) is 3.39. The molecule has 0 spiro atoms. The van der Waals surface area contributed by atoms with Crippen molar-refractivity contribution in [1.29, 1.82) is 0 Å². The molecule has 2 atom stereocenters. The molecule has 54 valence electrons. The Labute approximate surface area is 69.5 Å². The summed E-state index contributed by atoms with van der Waals surface area (Å²) in [5.74, 6) is 0. The van der Waals surface area contributed by atoms with Crippen molar-refractivity contribution in [3.63, 3.8) is 0 Å². The van der Waals surface area contributed by atoms with Crippen LogP contribution in [0.25, 0.3) is 0 Å². The first kappa shape index (κ1) is 7.75. The molecule has 0 unspecified atom stereocenters. The van der Waals surface area contributed by atoms with Crippen LogP contribution in [0.5, 0.6) is 0 Å². The smallest absolute Gasteiger partial charge is 0.0700 e. The van der Waals surface area contributed by atoms with Crippen LogP contribution in [0.4, 0.5) is 0 Å². The number of halogens is 1. The molecule has 0 aromatic carbocycles. The van der Waals surface area contributed by atoms with Gasteiger partial charge in [-0.05, 0) is 12.8 Å². The highest BCUT2D eigenvalue weighted by molar-refractivity contribution is 14.1. The fourth-order valence-electron chi connectivity index (χ4n) is 1.24. The molecule has 0 bridgehead atoms. The first-order valence-corrected chi connectivity index (χ1v) is 4.46. The summed E-state index contributed by atoms with van der Waals surface area (Å²) in [7, 11) is 0. The van der Waals surface area contributed by atoms with Crippen molar-refractivity contribution in [2.75, 3.05) is 0 Å². The molecule has 2 nitrogen and oxygen atoms in total. The minimum Gasteiger partial charge on any atom is -0.391 e. The summed E-state index contributed by atoms with van der Waals surface area (Å²) in [5, 5.41) is 9.30. The summed E-state index contributed by atoms with van der Waals surface area (Å²) in [6.45, 7) is 0. The van der Waals surface area contributed by atoms with E-state index >= 15 is 0 Å². The topological polar surface area (TPSA) is 32.3 Å². The number of aliphatic hydroxyl groups excluding tert-OH is 1. The third kappa shape index (κ3) is 2.05. The van der Waals surface area contributed by atoms with Crippen molar-refractivity contribution in [1.82, 2.24) is 3.53 Å². The van der Waals surface area contributed by atoms with Crippen LogP contribution in [-0.2, 0) is 0 Å². The number of aliphatic hydroxyl groups is 1. The van der Waals surface area contributed by atoms with Crippen LogP contribution in [0.2, 0.25) is 0 Å². The Kier molecular flexibility index (Phi) is 3.21. The van der Waals surface area contributed by atoms with E-state index in [0.29, 0.717) is 6.04 Å². The number of hydrogen-bond acceptors (Lipinski definition) is 2. The molecule has 1 rings (SSSR count). The van der Waals surface area contributed by atoms with Crippen LogP contribution in [0.1, 0.15) is 25.7 Å². The van der Waals surface area contributed by atoms with E-state index in [1.54, 1.807) is 0 Å². The average molecular weight is 241 g/mol. The van der Waals surface area contributed by atoms with E-state index in [1.165, 1.54) is 12.8 Å². The summed E-state index contributed by atoms with van der Waals surface area (Å²) in [6.07, 6.45) is 4.45. The summed E-state index contributed by atoms with van der Waals surface area (Å²) in [5.41, 5.74) is 0. The van der Waals surface area contributed by atoms with Crippen LogP contribution >= 0.6 is 22.9 Å². The van der Waals surface area contributed by atoms with Gasteiger partial charge in [0.05, 0.1) is 6.10 Å². The fourth-order valence-corrected chi connectivity index (χ4v) is 1.97. The zero-order chi connectivity index (χ0) is 6.69. The molecule has 0 radical (unpaired) electrons. The third-order valence-corrected chi connectivity index (χ3v) is 2.67. The van der Waals surface area contributed by atoms with Crippen molar-refractivity contribution >= 4 is 22.9 Å². The SMILES string of the molecule is O[C@H]1CCCC[C@@H]1NI. The highest BCUT2D eigenvalue weighted by Gasteiger charge is 2.20. The van der Waals surface area contributed by atoms with Crippen molar-refractivity contribution < 1.29 is 5.11 Å². The van der Waals surface area contributed by atoms with E-state index in [1.807, 2.05) is 0 Å². The van der Waals surface area contributed by atoms with Crippen LogP contribution < -0.4 is 3.53 Å². The number of rotatable bonds is 1. The van der Waals surface area contributed by atoms with Gasteiger partial charge < -0.3 is 5.11 Å². The molecule has 1 aliphatic carbocycles. The van der Waals surface area contributed by atoms with Crippen LogP contribution in [0, 0.1) is 0 Å². The molecule has 0 aromatic heterocycles. The van der Waals surface area contributed by atoms with Gasteiger partial charge in [-0.3, -0.25) is 3.53 Å². The molecule has 2 N–H and O–H groups in total. The van der Waals surface area contributed by atoms with Crippen molar-refractivity contribution in [3.05, 3.63) is 0 Å². The van der Waals surface area contributed by atoms with Gasteiger partial charge in [0.25, 0.3) is 0 Å². The standard InChI is InChI=1S/C6H12INO/c7-8-5-3-1-2-4-6(5)9/h5-6,8-9H,1-4H2/t5-,6-/m0/s1. The molecule has 3 heteroatoms. The predicted molar refractivity (Wildman–Crippen MR) is 45.4 cm³/mol. The number of hydrogen-bond donors (Lipinski definition) is 2. The van der Waals surface area contributed by atoms with Gasteiger partial charge in [0.15, 0.2) is 0 Å². The summed E-state index contributed by atoms with van der Waals surface area (Å²) in [6, 6.07) is 0.347.